The molecule has 1 heterocycles. The van der Waals surface area contributed by atoms with Crippen molar-refractivity contribution in [3.63, 3.8) is 0 Å². The molecule has 0 bridgehead atoms. The monoisotopic (exact) mass is 539 g/mol. The highest BCUT2D eigenvalue weighted by Gasteiger charge is 2.23. The molecule has 4 rings (SSSR count). The molecule has 2 N–H and O–H groups in total. The quantitative estimate of drug-likeness (QED) is 0.252. The van der Waals surface area contributed by atoms with Crippen LogP contribution in [0.15, 0.2) is 84.9 Å². The lowest BCUT2D eigenvalue weighted by Crippen LogP contribution is -2.40. The van der Waals surface area contributed by atoms with E-state index in [9.17, 15) is 9.59 Å². The minimum absolute atomic E-state index is 0.151. The Kier molecular flexibility index (Phi) is 8.89. The van der Waals surface area contributed by atoms with Crippen molar-refractivity contribution in [2.75, 3.05) is 23.8 Å². The number of ether oxygens (including phenoxy) is 1. The van der Waals surface area contributed by atoms with Gasteiger partial charge in [0.15, 0.2) is 0 Å². The number of aromatic nitrogens is 2. The van der Waals surface area contributed by atoms with Gasteiger partial charge in [-0.05, 0) is 55.8 Å². The SMILES string of the molecule is CCOc1ccc(NC(=O)N(CC(=O)Nc2cc(C(C)(C)C)nn2-c2ccc(C)cc2)Cc2ccccc2)cc1. The van der Waals surface area contributed by atoms with Gasteiger partial charge in [0.1, 0.15) is 18.1 Å². The first kappa shape index (κ1) is 28.4. The fourth-order valence-corrected chi connectivity index (χ4v) is 4.08. The summed E-state index contributed by atoms with van der Waals surface area (Å²) in [5, 5.41) is 10.7. The number of anilines is 2. The minimum Gasteiger partial charge on any atom is -0.494 e. The zero-order valence-electron chi connectivity index (χ0n) is 23.8. The number of carbonyl (C=O) groups is 2. The second kappa shape index (κ2) is 12.5. The van der Waals surface area contributed by atoms with Gasteiger partial charge in [-0.3, -0.25) is 4.79 Å². The fraction of sp³-hybridized carbons (Fsp3) is 0.281. The summed E-state index contributed by atoms with van der Waals surface area (Å²) in [5.74, 6) is 0.942. The van der Waals surface area contributed by atoms with Crippen LogP contribution in [0.25, 0.3) is 5.69 Å². The summed E-state index contributed by atoms with van der Waals surface area (Å²) in [7, 11) is 0. The number of hydrogen-bond donors (Lipinski definition) is 2. The van der Waals surface area contributed by atoms with Gasteiger partial charge in [0.25, 0.3) is 0 Å². The molecule has 8 heteroatoms. The Labute approximate surface area is 236 Å². The van der Waals surface area contributed by atoms with E-state index in [0.717, 1.165) is 28.3 Å². The van der Waals surface area contributed by atoms with Crippen molar-refractivity contribution in [1.82, 2.24) is 14.7 Å². The summed E-state index contributed by atoms with van der Waals surface area (Å²) in [5.41, 5.74) is 4.12. The van der Waals surface area contributed by atoms with E-state index in [0.29, 0.717) is 18.1 Å². The zero-order chi connectivity index (χ0) is 28.7. The Morgan fingerprint density at radius 1 is 0.925 bits per heavy atom. The molecule has 0 aliphatic heterocycles. The van der Waals surface area contributed by atoms with Crippen LogP contribution < -0.4 is 15.4 Å². The summed E-state index contributed by atoms with van der Waals surface area (Å²) < 4.78 is 7.22. The topological polar surface area (TPSA) is 88.5 Å². The predicted octanol–water partition coefficient (Wildman–Crippen LogP) is 6.55. The molecule has 0 unspecified atom stereocenters. The molecular formula is C32H37N5O3. The van der Waals surface area contributed by atoms with Crippen molar-refractivity contribution >= 4 is 23.4 Å². The Hall–Kier alpha value is -4.59. The van der Waals surface area contributed by atoms with E-state index in [1.54, 1.807) is 28.9 Å². The highest BCUT2D eigenvalue weighted by Crippen LogP contribution is 2.26. The van der Waals surface area contributed by atoms with E-state index in [-0.39, 0.29) is 30.4 Å². The molecule has 0 aliphatic rings. The van der Waals surface area contributed by atoms with E-state index in [1.165, 1.54) is 4.90 Å². The van der Waals surface area contributed by atoms with Crippen LogP contribution in [0.5, 0.6) is 5.75 Å². The van der Waals surface area contributed by atoms with Gasteiger partial charge < -0.3 is 20.3 Å². The van der Waals surface area contributed by atoms with Gasteiger partial charge in [0.05, 0.1) is 18.0 Å². The number of hydrogen-bond acceptors (Lipinski definition) is 4. The maximum absolute atomic E-state index is 13.4. The van der Waals surface area contributed by atoms with Crippen LogP contribution in [-0.2, 0) is 16.8 Å². The summed E-state index contributed by atoms with van der Waals surface area (Å²) >= 11 is 0. The van der Waals surface area contributed by atoms with Crippen LogP contribution in [0.1, 0.15) is 44.5 Å². The Morgan fingerprint density at radius 2 is 1.60 bits per heavy atom. The second-order valence-corrected chi connectivity index (χ2v) is 10.7. The summed E-state index contributed by atoms with van der Waals surface area (Å²) in [6, 6.07) is 26.2. The molecule has 3 aromatic carbocycles. The molecule has 0 saturated carbocycles. The van der Waals surface area contributed by atoms with Crippen LogP contribution >= 0.6 is 0 Å². The van der Waals surface area contributed by atoms with Crippen molar-refractivity contribution in [1.29, 1.82) is 0 Å². The van der Waals surface area contributed by atoms with Gasteiger partial charge in [-0.25, -0.2) is 9.48 Å². The van der Waals surface area contributed by atoms with E-state index in [1.807, 2.05) is 74.5 Å². The second-order valence-electron chi connectivity index (χ2n) is 10.7. The van der Waals surface area contributed by atoms with Crippen molar-refractivity contribution in [3.8, 4) is 11.4 Å². The molecule has 0 fully saturated rings. The summed E-state index contributed by atoms with van der Waals surface area (Å²) in [6.45, 7) is 10.8. The third-order valence-electron chi connectivity index (χ3n) is 6.28. The molecule has 1 aromatic heterocycles. The molecule has 0 radical (unpaired) electrons. The standard InChI is InChI=1S/C32H37N5O3/c1-6-40-27-18-14-25(15-19-27)33-31(39)36(21-24-10-8-7-9-11-24)22-30(38)34-29-20-28(32(3,4)5)35-37(29)26-16-12-23(2)13-17-26/h7-20H,6,21-22H2,1-5H3,(H,33,39)(H,34,38). The Bertz CT molecular complexity index is 1420. The number of urea groups is 1. The van der Waals surface area contributed by atoms with Crippen molar-refractivity contribution in [3.05, 3.63) is 102 Å². The largest absolute Gasteiger partial charge is 0.494 e. The number of nitrogens with one attached hydrogen (secondary N) is 2. The third kappa shape index (κ3) is 7.50. The van der Waals surface area contributed by atoms with Crippen LogP contribution in [0.3, 0.4) is 0 Å². The first-order valence-corrected chi connectivity index (χ1v) is 13.4. The molecule has 0 spiro atoms. The summed E-state index contributed by atoms with van der Waals surface area (Å²) in [6.07, 6.45) is 0. The zero-order valence-corrected chi connectivity index (χ0v) is 23.8. The molecule has 4 aromatic rings. The third-order valence-corrected chi connectivity index (χ3v) is 6.28. The van der Waals surface area contributed by atoms with Gasteiger partial charge in [-0.15, -0.1) is 0 Å². The molecule has 0 saturated heterocycles. The maximum atomic E-state index is 13.4. The van der Waals surface area contributed by atoms with Gasteiger partial charge >= 0.3 is 6.03 Å². The van der Waals surface area contributed by atoms with Crippen molar-refractivity contribution < 1.29 is 14.3 Å². The van der Waals surface area contributed by atoms with E-state index < -0.39 is 0 Å². The number of carbonyl (C=O) groups excluding carboxylic acids is 2. The van der Waals surface area contributed by atoms with Crippen molar-refractivity contribution in [2.24, 2.45) is 0 Å². The molecule has 0 atom stereocenters. The van der Waals surface area contributed by atoms with Gasteiger partial charge in [0.2, 0.25) is 5.91 Å². The number of benzene rings is 3. The maximum Gasteiger partial charge on any atom is 0.322 e. The predicted molar refractivity (Wildman–Crippen MR) is 159 cm³/mol. The van der Waals surface area contributed by atoms with Gasteiger partial charge in [-0.1, -0.05) is 68.8 Å². The minimum atomic E-state index is -0.384. The first-order chi connectivity index (χ1) is 19.1. The molecule has 0 aliphatic carbocycles. The van der Waals surface area contributed by atoms with Gasteiger partial charge in [-0.2, -0.15) is 5.10 Å². The van der Waals surface area contributed by atoms with E-state index in [2.05, 4.69) is 31.4 Å². The average Bonchev–Trinajstić information content (AvgIpc) is 3.35. The number of amides is 3. The van der Waals surface area contributed by atoms with Crippen LogP contribution in [-0.4, -0.2) is 39.8 Å². The lowest BCUT2D eigenvalue weighted by molar-refractivity contribution is -0.116. The van der Waals surface area contributed by atoms with Crippen LogP contribution in [0.4, 0.5) is 16.3 Å². The highest BCUT2D eigenvalue weighted by molar-refractivity contribution is 5.96. The highest BCUT2D eigenvalue weighted by atomic mass is 16.5. The van der Waals surface area contributed by atoms with Crippen LogP contribution in [0, 0.1) is 6.92 Å². The van der Waals surface area contributed by atoms with Crippen LogP contribution in [0.2, 0.25) is 0 Å². The Morgan fingerprint density at radius 3 is 2.23 bits per heavy atom. The molecule has 8 nitrogen and oxygen atoms in total. The molecule has 40 heavy (non-hydrogen) atoms. The fourth-order valence-electron chi connectivity index (χ4n) is 4.08. The van der Waals surface area contributed by atoms with Crippen molar-refractivity contribution in [2.45, 2.75) is 46.6 Å². The lowest BCUT2D eigenvalue weighted by atomic mass is 9.92. The van der Waals surface area contributed by atoms with Gasteiger partial charge in [0, 0.05) is 23.7 Å². The Balaban J connectivity index is 1.55. The number of nitrogens with zero attached hydrogens (tertiary/aromatic N) is 3. The van der Waals surface area contributed by atoms with E-state index >= 15 is 0 Å². The smallest absolute Gasteiger partial charge is 0.322 e. The number of aryl methyl sites for hydroxylation is 1. The lowest BCUT2D eigenvalue weighted by Gasteiger charge is -2.23. The molecule has 3 amide bonds. The number of rotatable bonds is 9. The summed E-state index contributed by atoms with van der Waals surface area (Å²) in [4.78, 5) is 28.2. The molecule has 208 valence electrons. The average molecular weight is 540 g/mol. The normalized spacial score (nSPS) is 11.1. The van der Waals surface area contributed by atoms with E-state index in [4.69, 9.17) is 9.84 Å². The first-order valence-electron chi connectivity index (χ1n) is 13.4. The molecular weight excluding hydrogens is 502 g/mol.